The third-order valence-electron chi connectivity index (χ3n) is 3.79. The van der Waals surface area contributed by atoms with E-state index in [2.05, 4.69) is 10.6 Å². The van der Waals surface area contributed by atoms with Gasteiger partial charge < -0.3 is 15.4 Å². The number of aryl methyl sites for hydroxylation is 1. The molecule has 0 fully saturated rings. The molecule has 6 nitrogen and oxygen atoms in total. The average Bonchev–Trinajstić information content (AvgIpc) is 2.63. The summed E-state index contributed by atoms with van der Waals surface area (Å²) in [7, 11) is 0. The summed E-state index contributed by atoms with van der Waals surface area (Å²) < 4.78 is 5.14. The van der Waals surface area contributed by atoms with Crippen molar-refractivity contribution < 1.29 is 19.1 Å². The average molecular weight is 389 g/mol. The second kappa shape index (κ2) is 9.19. The molecule has 0 heterocycles. The van der Waals surface area contributed by atoms with E-state index in [1.165, 1.54) is 13.8 Å². The molecule has 2 atom stereocenters. The van der Waals surface area contributed by atoms with Gasteiger partial charge in [0, 0.05) is 16.3 Å². The molecule has 0 unspecified atom stereocenters. The van der Waals surface area contributed by atoms with Gasteiger partial charge in [0.05, 0.1) is 0 Å². The SMILES string of the molecule is Cc1ccc(NC(=O)[C@@H](C)OC(=O)[C@H](C)NC(=O)c2ccc(Cl)cc2)cc1. The van der Waals surface area contributed by atoms with Crippen molar-refractivity contribution in [2.45, 2.75) is 32.9 Å². The number of carbonyl (C=O) groups excluding carboxylic acids is 3. The lowest BCUT2D eigenvalue weighted by Crippen LogP contribution is -2.42. The third kappa shape index (κ3) is 6.11. The van der Waals surface area contributed by atoms with Gasteiger partial charge in [-0.3, -0.25) is 9.59 Å². The van der Waals surface area contributed by atoms with Crippen LogP contribution in [0.2, 0.25) is 5.02 Å². The molecule has 2 aromatic rings. The Hall–Kier alpha value is -2.86. The highest BCUT2D eigenvalue weighted by Crippen LogP contribution is 2.11. The van der Waals surface area contributed by atoms with Gasteiger partial charge in [-0.1, -0.05) is 29.3 Å². The van der Waals surface area contributed by atoms with Crippen LogP contribution in [0, 0.1) is 6.92 Å². The fraction of sp³-hybridized carbons (Fsp3) is 0.250. The molecule has 142 valence electrons. The molecule has 2 N–H and O–H groups in total. The Kier molecular flexibility index (Phi) is 6.96. The Balaban J connectivity index is 1.86. The van der Waals surface area contributed by atoms with Gasteiger partial charge in [0.25, 0.3) is 11.8 Å². The molecule has 0 aromatic heterocycles. The van der Waals surface area contributed by atoms with Crippen molar-refractivity contribution in [3.8, 4) is 0 Å². The summed E-state index contributed by atoms with van der Waals surface area (Å²) in [6, 6.07) is 12.6. The molecule has 7 heteroatoms. The molecule has 0 aliphatic heterocycles. The number of halogens is 1. The molecule has 0 bridgehead atoms. The Labute approximate surface area is 162 Å². The maximum absolute atomic E-state index is 12.1. The van der Waals surface area contributed by atoms with Gasteiger partial charge in [0.2, 0.25) is 0 Å². The largest absolute Gasteiger partial charge is 0.451 e. The Morgan fingerprint density at radius 2 is 1.56 bits per heavy atom. The molecule has 2 rings (SSSR count). The highest BCUT2D eigenvalue weighted by atomic mass is 35.5. The van der Waals surface area contributed by atoms with Crippen LogP contribution in [0.4, 0.5) is 5.69 Å². The lowest BCUT2D eigenvalue weighted by atomic mass is 10.2. The van der Waals surface area contributed by atoms with E-state index in [4.69, 9.17) is 16.3 Å². The van der Waals surface area contributed by atoms with Crippen molar-refractivity contribution in [2.24, 2.45) is 0 Å². The number of hydrogen-bond donors (Lipinski definition) is 2. The number of esters is 1. The van der Waals surface area contributed by atoms with Gasteiger partial charge in [0.1, 0.15) is 6.04 Å². The minimum absolute atomic E-state index is 0.365. The standard InChI is InChI=1S/C20H21ClN2O4/c1-12-4-10-17(11-5-12)23-18(24)14(3)27-20(26)13(2)22-19(25)15-6-8-16(21)9-7-15/h4-11,13-14H,1-3H3,(H,22,25)(H,23,24)/t13-,14+/m0/s1. The molecule has 27 heavy (non-hydrogen) atoms. The number of rotatable bonds is 6. The van der Waals surface area contributed by atoms with Crippen molar-refractivity contribution >= 4 is 35.1 Å². The zero-order valence-electron chi connectivity index (χ0n) is 15.3. The van der Waals surface area contributed by atoms with Gasteiger partial charge in [-0.05, 0) is 57.2 Å². The zero-order valence-corrected chi connectivity index (χ0v) is 16.0. The first-order valence-electron chi connectivity index (χ1n) is 8.40. The molecule has 0 aliphatic rings. The normalized spacial score (nSPS) is 12.6. The maximum Gasteiger partial charge on any atom is 0.329 e. The monoisotopic (exact) mass is 388 g/mol. The summed E-state index contributed by atoms with van der Waals surface area (Å²) in [5.41, 5.74) is 2.04. The molecule has 0 radical (unpaired) electrons. The van der Waals surface area contributed by atoms with Crippen LogP contribution in [0.25, 0.3) is 0 Å². The fourth-order valence-corrected chi connectivity index (χ4v) is 2.28. The second-order valence-electron chi connectivity index (χ2n) is 6.14. The first-order chi connectivity index (χ1) is 12.8. The predicted octanol–water partition coefficient (Wildman–Crippen LogP) is 3.34. The van der Waals surface area contributed by atoms with E-state index >= 15 is 0 Å². The third-order valence-corrected chi connectivity index (χ3v) is 4.04. The van der Waals surface area contributed by atoms with Crippen molar-refractivity contribution in [1.29, 1.82) is 0 Å². The molecular formula is C20H21ClN2O4. The minimum Gasteiger partial charge on any atom is -0.451 e. The van der Waals surface area contributed by atoms with E-state index in [9.17, 15) is 14.4 Å². The number of ether oxygens (including phenoxy) is 1. The maximum atomic E-state index is 12.1. The van der Waals surface area contributed by atoms with E-state index in [0.29, 0.717) is 16.3 Å². The summed E-state index contributed by atoms with van der Waals surface area (Å²) in [6.45, 7) is 4.89. The van der Waals surface area contributed by atoms with Gasteiger partial charge in [0.15, 0.2) is 6.10 Å². The van der Waals surface area contributed by atoms with Crippen LogP contribution in [0.5, 0.6) is 0 Å². The van der Waals surface area contributed by atoms with Crippen LogP contribution in [0.1, 0.15) is 29.8 Å². The number of nitrogens with one attached hydrogen (secondary N) is 2. The van der Waals surface area contributed by atoms with Crippen molar-refractivity contribution in [1.82, 2.24) is 5.32 Å². The second-order valence-corrected chi connectivity index (χ2v) is 6.57. The number of anilines is 1. The van der Waals surface area contributed by atoms with Crippen LogP contribution in [0.3, 0.4) is 0 Å². The van der Waals surface area contributed by atoms with E-state index in [0.717, 1.165) is 5.56 Å². The highest BCUT2D eigenvalue weighted by Gasteiger charge is 2.23. The van der Waals surface area contributed by atoms with Crippen LogP contribution in [-0.2, 0) is 14.3 Å². The van der Waals surface area contributed by atoms with E-state index in [-0.39, 0.29) is 0 Å². The lowest BCUT2D eigenvalue weighted by Gasteiger charge is -2.17. The Bertz CT molecular complexity index is 819. The summed E-state index contributed by atoms with van der Waals surface area (Å²) in [4.78, 5) is 36.4. The summed E-state index contributed by atoms with van der Waals surface area (Å²) in [5, 5.41) is 5.70. The summed E-state index contributed by atoms with van der Waals surface area (Å²) in [5.74, 6) is -1.60. The quantitative estimate of drug-likeness (QED) is 0.743. The van der Waals surface area contributed by atoms with Crippen molar-refractivity contribution in [3.05, 3.63) is 64.7 Å². The molecule has 0 saturated carbocycles. The lowest BCUT2D eigenvalue weighted by molar-refractivity contribution is -0.154. The Morgan fingerprint density at radius 3 is 2.15 bits per heavy atom. The Morgan fingerprint density at radius 1 is 0.963 bits per heavy atom. The van der Waals surface area contributed by atoms with Gasteiger partial charge in [-0.25, -0.2) is 4.79 Å². The van der Waals surface area contributed by atoms with Crippen molar-refractivity contribution in [3.63, 3.8) is 0 Å². The summed E-state index contributed by atoms with van der Waals surface area (Å²) in [6.07, 6.45) is -1.01. The first kappa shape index (κ1) is 20.5. The molecule has 2 aromatic carbocycles. The van der Waals surface area contributed by atoms with Crippen LogP contribution >= 0.6 is 11.6 Å². The summed E-state index contributed by atoms with van der Waals surface area (Å²) >= 11 is 5.78. The first-order valence-corrected chi connectivity index (χ1v) is 8.78. The highest BCUT2D eigenvalue weighted by molar-refractivity contribution is 6.30. The minimum atomic E-state index is -1.01. The molecule has 0 spiro atoms. The smallest absolute Gasteiger partial charge is 0.329 e. The van der Waals surface area contributed by atoms with E-state index < -0.39 is 29.9 Å². The van der Waals surface area contributed by atoms with Crippen molar-refractivity contribution in [2.75, 3.05) is 5.32 Å². The van der Waals surface area contributed by atoms with E-state index in [1.54, 1.807) is 36.4 Å². The molecule has 2 amide bonds. The van der Waals surface area contributed by atoms with Gasteiger partial charge >= 0.3 is 5.97 Å². The van der Waals surface area contributed by atoms with E-state index in [1.807, 2.05) is 19.1 Å². The number of carbonyl (C=O) groups is 3. The number of amides is 2. The van der Waals surface area contributed by atoms with Crippen LogP contribution in [0.15, 0.2) is 48.5 Å². The van der Waals surface area contributed by atoms with Crippen LogP contribution < -0.4 is 10.6 Å². The van der Waals surface area contributed by atoms with Gasteiger partial charge in [-0.15, -0.1) is 0 Å². The number of hydrogen-bond acceptors (Lipinski definition) is 4. The zero-order chi connectivity index (χ0) is 20.0. The molecule has 0 aliphatic carbocycles. The topological polar surface area (TPSA) is 84.5 Å². The fourth-order valence-electron chi connectivity index (χ4n) is 2.15. The predicted molar refractivity (Wildman–Crippen MR) is 104 cm³/mol. The van der Waals surface area contributed by atoms with Crippen LogP contribution in [-0.4, -0.2) is 29.9 Å². The molecular weight excluding hydrogens is 368 g/mol. The number of benzene rings is 2. The van der Waals surface area contributed by atoms with Gasteiger partial charge in [-0.2, -0.15) is 0 Å². The molecule has 0 saturated heterocycles.